The maximum absolute atomic E-state index is 11.2. The molecule has 3 nitrogen and oxygen atoms in total. The number of carbonyl (C=O) groups excluding carboxylic acids is 1. The third-order valence-corrected chi connectivity index (χ3v) is 2.56. The summed E-state index contributed by atoms with van der Waals surface area (Å²) in [6.45, 7) is 1.76. The number of hydrogen-bond acceptors (Lipinski definition) is 3. The van der Waals surface area contributed by atoms with E-state index in [0.717, 1.165) is 0 Å². The van der Waals surface area contributed by atoms with E-state index in [1.165, 1.54) is 0 Å². The van der Waals surface area contributed by atoms with Gasteiger partial charge in [-0.1, -0.05) is 34.1 Å². The predicted octanol–water partition coefficient (Wildman–Crippen LogP) is 2.39. The molecule has 1 aromatic rings. The van der Waals surface area contributed by atoms with Crippen molar-refractivity contribution in [3.05, 3.63) is 30.3 Å². The molecule has 0 aliphatic carbocycles. The zero-order valence-corrected chi connectivity index (χ0v) is 10.1. The van der Waals surface area contributed by atoms with Crippen LogP contribution in [-0.2, 0) is 9.53 Å². The molecule has 0 fully saturated rings. The lowest BCUT2D eigenvalue weighted by atomic mass is 10.3. The summed E-state index contributed by atoms with van der Waals surface area (Å²) in [5.41, 5.74) is 0. The highest BCUT2D eigenvalue weighted by Gasteiger charge is 2.08. The zero-order chi connectivity index (χ0) is 11.1. The van der Waals surface area contributed by atoms with E-state index in [0.29, 0.717) is 11.1 Å². The van der Waals surface area contributed by atoms with Crippen LogP contribution in [0.3, 0.4) is 0 Å². The molecular formula is C11H13BrO3. The van der Waals surface area contributed by atoms with E-state index in [9.17, 15) is 4.79 Å². The van der Waals surface area contributed by atoms with Crippen molar-refractivity contribution < 1.29 is 14.3 Å². The molecule has 0 radical (unpaired) electrons. The number of esters is 1. The predicted molar refractivity (Wildman–Crippen MR) is 61.3 cm³/mol. The van der Waals surface area contributed by atoms with E-state index in [-0.39, 0.29) is 18.7 Å². The van der Waals surface area contributed by atoms with Crippen LogP contribution in [0.2, 0.25) is 0 Å². The fourth-order valence-corrected chi connectivity index (χ4v) is 1.08. The van der Waals surface area contributed by atoms with Gasteiger partial charge in [0.15, 0.2) is 6.61 Å². The Bertz CT molecular complexity index is 300. The lowest BCUT2D eigenvalue weighted by molar-refractivity contribution is -0.149. The summed E-state index contributed by atoms with van der Waals surface area (Å²) in [6, 6.07) is 9.17. The van der Waals surface area contributed by atoms with Crippen LogP contribution in [0.25, 0.3) is 0 Å². The van der Waals surface area contributed by atoms with E-state index in [4.69, 9.17) is 9.47 Å². The second-order valence-corrected chi connectivity index (χ2v) is 3.70. The smallest absolute Gasteiger partial charge is 0.344 e. The summed E-state index contributed by atoms with van der Waals surface area (Å²) in [5.74, 6) is 0.312. The average molecular weight is 273 g/mol. The molecule has 4 heteroatoms. The van der Waals surface area contributed by atoms with Gasteiger partial charge in [0.2, 0.25) is 0 Å². The van der Waals surface area contributed by atoms with Crippen molar-refractivity contribution >= 4 is 21.9 Å². The van der Waals surface area contributed by atoms with Crippen LogP contribution in [0.15, 0.2) is 30.3 Å². The summed E-state index contributed by atoms with van der Waals surface area (Å²) < 4.78 is 10.2. The highest BCUT2D eigenvalue weighted by molar-refractivity contribution is 9.09. The molecule has 1 atom stereocenters. The third kappa shape index (κ3) is 4.83. The molecule has 0 aliphatic rings. The van der Waals surface area contributed by atoms with Gasteiger partial charge in [0.25, 0.3) is 0 Å². The Labute approximate surface area is 97.5 Å². The minimum absolute atomic E-state index is 0.0542. The maximum Gasteiger partial charge on any atom is 0.344 e. The summed E-state index contributed by atoms with van der Waals surface area (Å²) in [7, 11) is 0. The van der Waals surface area contributed by atoms with Crippen LogP contribution in [0.1, 0.15) is 6.92 Å². The summed E-state index contributed by atoms with van der Waals surface area (Å²) in [5, 5.41) is 0.629. The van der Waals surface area contributed by atoms with Crippen LogP contribution in [-0.4, -0.2) is 24.0 Å². The monoisotopic (exact) mass is 272 g/mol. The van der Waals surface area contributed by atoms with Gasteiger partial charge in [0.1, 0.15) is 11.9 Å². The van der Waals surface area contributed by atoms with Gasteiger partial charge in [0.05, 0.1) is 0 Å². The first-order valence-corrected chi connectivity index (χ1v) is 5.78. The van der Waals surface area contributed by atoms with Crippen LogP contribution in [0, 0.1) is 0 Å². The van der Waals surface area contributed by atoms with Gasteiger partial charge in [-0.2, -0.15) is 0 Å². The Morgan fingerprint density at radius 2 is 2.07 bits per heavy atom. The van der Waals surface area contributed by atoms with Crippen LogP contribution < -0.4 is 4.74 Å². The normalized spacial score (nSPS) is 11.9. The van der Waals surface area contributed by atoms with Gasteiger partial charge in [-0.25, -0.2) is 4.79 Å². The number of alkyl halides is 1. The van der Waals surface area contributed by atoms with Crippen molar-refractivity contribution in [3.63, 3.8) is 0 Å². The largest absolute Gasteiger partial charge is 0.482 e. The quantitative estimate of drug-likeness (QED) is 0.610. The number of benzene rings is 1. The van der Waals surface area contributed by atoms with Crippen LogP contribution in [0.4, 0.5) is 0 Å². The molecule has 0 bridgehead atoms. The molecule has 0 N–H and O–H groups in total. The fourth-order valence-electron chi connectivity index (χ4n) is 0.949. The van der Waals surface area contributed by atoms with Crippen LogP contribution in [0.5, 0.6) is 5.75 Å². The Morgan fingerprint density at radius 3 is 2.67 bits per heavy atom. The summed E-state index contributed by atoms with van der Waals surface area (Å²) >= 11 is 3.22. The van der Waals surface area contributed by atoms with Crippen molar-refractivity contribution in [1.82, 2.24) is 0 Å². The van der Waals surface area contributed by atoms with E-state index < -0.39 is 0 Å². The van der Waals surface area contributed by atoms with E-state index in [1.807, 2.05) is 25.1 Å². The maximum atomic E-state index is 11.2. The van der Waals surface area contributed by atoms with Crippen molar-refractivity contribution in [2.45, 2.75) is 13.0 Å². The second kappa shape index (κ2) is 6.45. The first-order chi connectivity index (χ1) is 7.22. The molecular weight excluding hydrogens is 260 g/mol. The third-order valence-electron chi connectivity index (χ3n) is 1.65. The lowest BCUT2D eigenvalue weighted by Crippen LogP contribution is -2.21. The van der Waals surface area contributed by atoms with Gasteiger partial charge < -0.3 is 9.47 Å². The first kappa shape index (κ1) is 12.0. The Morgan fingerprint density at radius 1 is 1.40 bits per heavy atom. The lowest BCUT2D eigenvalue weighted by Gasteiger charge is -2.10. The molecule has 15 heavy (non-hydrogen) atoms. The molecule has 1 unspecified atom stereocenters. The van der Waals surface area contributed by atoms with Crippen molar-refractivity contribution in [3.8, 4) is 5.75 Å². The summed E-state index contributed by atoms with van der Waals surface area (Å²) in [4.78, 5) is 11.2. The number of para-hydroxylation sites is 1. The van der Waals surface area contributed by atoms with Gasteiger partial charge in [-0.3, -0.25) is 0 Å². The highest BCUT2D eigenvalue weighted by Crippen LogP contribution is 2.08. The van der Waals surface area contributed by atoms with Gasteiger partial charge >= 0.3 is 5.97 Å². The standard InChI is InChI=1S/C11H13BrO3/c1-9(7-12)15-11(13)8-14-10-5-3-2-4-6-10/h2-6,9H,7-8H2,1H3. The van der Waals surface area contributed by atoms with Gasteiger partial charge in [0, 0.05) is 5.33 Å². The minimum atomic E-state index is -0.356. The van der Waals surface area contributed by atoms with E-state index >= 15 is 0 Å². The number of carbonyl (C=O) groups is 1. The molecule has 0 amide bonds. The Kier molecular flexibility index (Phi) is 5.18. The molecule has 0 aliphatic heterocycles. The molecule has 0 saturated heterocycles. The topological polar surface area (TPSA) is 35.5 Å². The molecule has 0 heterocycles. The first-order valence-electron chi connectivity index (χ1n) is 4.65. The average Bonchev–Trinajstić information content (AvgIpc) is 2.27. The van der Waals surface area contributed by atoms with Gasteiger partial charge in [-0.05, 0) is 19.1 Å². The molecule has 82 valence electrons. The van der Waals surface area contributed by atoms with Gasteiger partial charge in [-0.15, -0.1) is 0 Å². The Balaban J connectivity index is 2.29. The number of ether oxygens (including phenoxy) is 2. The van der Waals surface area contributed by atoms with Crippen molar-refractivity contribution in [2.24, 2.45) is 0 Å². The molecule has 0 saturated carbocycles. The minimum Gasteiger partial charge on any atom is -0.482 e. The second-order valence-electron chi connectivity index (χ2n) is 3.06. The number of rotatable bonds is 5. The number of hydrogen-bond donors (Lipinski definition) is 0. The van der Waals surface area contributed by atoms with Crippen LogP contribution >= 0.6 is 15.9 Å². The Hall–Kier alpha value is -1.03. The number of halogens is 1. The van der Waals surface area contributed by atoms with E-state index in [1.54, 1.807) is 12.1 Å². The fraction of sp³-hybridized carbons (Fsp3) is 0.364. The molecule has 0 spiro atoms. The van der Waals surface area contributed by atoms with Crippen molar-refractivity contribution in [2.75, 3.05) is 11.9 Å². The SMILES string of the molecule is CC(CBr)OC(=O)COc1ccccc1. The van der Waals surface area contributed by atoms with E-state index in [2.05, 4.69) is 15.9 Å². The molecule has 1 rings (SSSR count). The zero-order valence-electron chi connectivity index (χ0n) is 8.48. The molecule has 0 aromatic heterocycles. The molecule has 1 aromatic carbocycles. The van der Waals surface area contributed by atoms with Crippen molar-refractivity contribution in [1.29, 1.82) is 0 Å². The summed E-state index contributed by atoms with van der Waals surface area (Å²) in [6.07, 6.45) is -0.128. The highest BCUT2D eigenvalue weighted by atomic mass is 79.9.